The first-order chi connectivity index (χ1) is 15.2. The molecule has 4 aromatic rings. The number of pyridine rings is 1. The number of rotatable bonds is 6. The molecule has 0 aliphatic rings. The highest BCUT2D eigenvalue weighted by Gasteiger charge is 2.16. The third-order valence-corrected chi connectivity index (χ3v) is 4.84. The summed E-state index contributed by atoms with van der Waals surface area (Å²) in [5, 5.41) is 2.91. The van der Waals surface area contributed by atoms with E-state index in [1.807, 2.05) is 68.4 Å². The highest BCUT2D eigenvalue weighted by molar-refractivity contribution is 6.05. The second-order valence-corrected chi connectivity index (χ2v) is 6.92. The summed E-state index contributed by atoms with van der Waals surface area (Å²) in [6, 6.07) is 20.3. The van der Waals surface area contributed by atoms with Gasteiger partial charge in [-0.15, -0.1) is 0 Å². The fourth-order valence-electron chi connectivity index (χ4n) is 3.18. The number of amides is 1. The van der Waals surface area contributed by atoms with Crippen molar-refractivity contribution < 1.29 is 9.53 Å². The molecule has 2 aromatic heterocycles. The van der Waals surface area contributed by atoms with E-state index < -0.39 is 0 Å². The maximum absolute atomic E-state index is 12.8. The first-order valence-electron chi connectivity index (χ1n) is 10.1. The topological polar surface area (TPSA) is 77.0 Å². The maximum Gasteiger partial charge on any atom is 0.256 e. The molecule has 0 spiro atoms. The van der Waals surface area contributed by atoms with Crippen LogP contribution in [0.3, 0.4) is 0 Å². The molecule has 0 atom stereocenters. The molecule has 2 heterocycles. The van der Waals surface area contributed by atoms with E-state index in [1.54, 1.807) is 24.5 Å². The molecule has 0 bridgehead atoms. The molecule has 0 radical (unpaired) electrons. The van der Waals surface area contributed by atoms with Crippen LogP contribution in [-0.4, -0.2) is 20.9 Å². The number of para-hydroxylation sites is 1. The van der Waals surface area contributed by atoms with Crippen LogP contribution >= 0.6 is 0 Å². The Morgan fingerprint density at radius 1 is 0.935 bits per heavy atom. The number of hydrogen-bond donors (Lipinski definition) is 1. The maximum atomic E-state index is 12.8. The van der Waals surface area contributed by atoms with E-state index in [1.165, 1.54) is 0 Å². The summed E-state index contributed by atoms with van der Waals surface area (Å²) in [7, 11) is 0. The van der Waals surface area contributed by atoms with Gasteiger partial charge in [-0.1, -0.05) is 31.2 Å². The van der Waals surface area contributed by atoms with Crippen LogP contribution in [0.1, 0.15) is 28.7 Å². The SMILES string of the molecule is CCc1nccc(-c2cccnc2Oc2cccc(C(=O)Nc3ccccc3)c2C)n1. The van der Waals surface area contributed by atoms with Crippen molar-refractivity contribution >= 4 is 11.6 Å². The summed E-state index contributed by atoms with van der Waals surface area (Å²) in [4.78, 5) is 26.0. The van der Waals surface area contributed by atoms with Gasteiger partial charge in [-0.05, 0) is 49.4 Å². The monoisotopic (exact) mass is 410 g/mol. The Kier molecular flexibility index (Phi) is 5.98. The van der Waals surface area contributed by atoms with E-state index in [0.717, 1.165) is 34.8 Å². The average molecular weight is 410 g/mol. The molecule has 4 rings (SSSR count). The van der Waals surface area contributed by atoms with Gasteiger partial charge < -0.3 is 10.1 Å². The summed E-state index contributed by atoms with van der Waals surface area (Å²) in [6.45, 7) is 3.87. The number of ether oxygens (including phenoxy) is 1. The zero-order valence-electron chi connectivity index (χ0n) is 17.4. The predicted octanol–water partition coefficient (Wildman–Crippen LogP) is 5.45. The molecule has 0 aliphatic carbocycles. The molecule has 6 nitrogen and oxygen atoms in total. The quantitative estimate of drug-likeness (QED) is 0.457. The van der Waals surface area contributed by atoms with E-state index in [0.29, 0.717) is 17.2 Å². The van der Waals surface area contributed by atoms with Crippen LogP contribution in [0.25, 0.3) is 11.3 Å². The molecule has 0 saturated carbocycles. The van der Waals surface area contributed by atoms with Crippen molar-refractivity contribution in [3.05, 3.63) is 96.1 Å². The van der Waals surface area contributed by atoms with Gasteiger partial charge in [-0.25, -0.2) is 15.0 Å². The van der Waals surface area contributed by atoms with Crippen LogP contribution in [0, 0.1) is 6.92 Å². The van der Waals surface area contributed by atoms with E-state index >= 15 is 0 Å². The summed E-state index contributed by atoms with van der Waals surface area (Å²) >= 11 is 0. The van der Waals surface area contributed by atoms with Crippen molar-refractivity contribution in [2.75, 3.05) is 5.32 Å². The molecule has 0 unspecified atom stereocenters. The van der Waals surface area contributed by atoms with Crippen molar-refractivity contribution in [1.29, 1.82) is 0 Å². The number of nitrogens with one attached hydrogen (secondary N) is 1. The first-order valence-corrected chi connectivity index (χ1v) is 10.1. The Balaban J connectivity index is 1.64. The zero-order valence-corrected chi connectivity index (χ0v) is 17.4. The van der Waals surface area contributed by atoms with Crippen LogP contribution in [0.15, 0.2) is 79.1 Å². The lowest BCUT2D eigenvalue weighted by Gasteiger charge is -2.14. The molecule has 0 saturated heterocycles. The Bertz CT molecular complexity index is 1210. The summed E-state index contributed by atoms with van der Waals surface area (Å²) in [5.41, 5.74) is 3.50. The number of aromatic nitrogens is 3. The summed E-state index contributed by atoms with van der Waals surface area (Å²) in [6.07, 6.45) is 4.14. The number of nitrogens with zero attached hydrogens (tertiary/aromatic N) is 3. The Labute approximate surface area is 181 Å². The lowest BCUT2D eigenvalue weighted by molar-refractivity contribution is 0.102. The van der Waals surface area contributed by atoms with E-state index in [2.05, 4.69) is 20.3 Å². The third kappa shape index (κ3) is 4.59. The van der Waals surface area contributed by atoms with Gasteiger partial charge in [0.15, 0.2) is 0 Å². The molecule has 0 aliphatic heterocycles. The molecule has 1 N–H and O–H groups in total. The Morgan fingerprint density at radius 3 is 2.58 bits per heavy atom. The normalized spacial score (nSPS) is 10.5. The average Bonchev–Trinajstić information content (AvgIpc) is 2.81. The number of benzene rings is 2. The van der Waals surface area contributed by atoms with Crippen LogP contribution in [0.4, 0.5) is 5.69 Å². The fourth-order valence-corrected chi connectivity index (χ4v) is 3.18. The van der Waals surface area contributed by atoms with Gasteiger partial charge >= 0.3 is 0 Å². The number of aryl methyl sites for hydroxylation is 1. The molecule has 1 amide bonds. The second kappa shape index (κ2) is 9.17. The van der Waals surface area contributed by atoms with Crippen LogP contribution in [-0.2, 0) is 6.42 Å². The molecule has 0 fully saturated rings. The van der Waals surface area contributed by atoms with Crippen molar-refractivity contribution in [3.8, 4) is 22.9 Å². The van der Waals surface area contributed by atoms with Crippen LogP contribution in [0.5, 0.6) is 11.6 Å². The van der Waals surface area contributed by atoms with Gasteiger partial charge in [0.25, 0.3) is 5.91 Å². The lowest BCUT2D eigenvalue weighted by atomic mass is 10.1. The molecule has 31 heavy (non-hydrogen) atoms. The summed E-state index contributed by atoms with van der Waals surface area (Å²) < 4.78 is 6.16. The van der Waals surface area contributed by atoms with Crippen molar-refractivity contribution in [2.45, 2.75) is 20.3 Å². The molecule has 2 aromatic carbocycles. The largest absolute Gasteiger partial charge is 0.438 e. The van der Waals surface area contributed by atoms with Gasteiger partial charge in [0.1, 0.15) is 11.6 Å². The highest BCUT2D eigenvalue weighted by atomic mass is 16.5. The van der Waals surface area contributed by atoms with Gasteiger partial charge in [0.05, 0.1) is 11.3 Å². The second-order valence-electron chi connectivity index (χ2n) is 6.92. The minimum absolute atomic E-state index is 0.196. The van der Waals surface area contributed by atoms with E-state index in [-0.39, 0.29) is 5.91 Å². The van der Waals surface area contributed by atoms with Crippen molar-refractivity contribution in [2.24, 2.45) is 0 Å². The smallest absolute Gasteiger partial charge is 0.256 e. The highest BCUT2D eigenvalue weighted by Crippen LogP contribution is 2.32. The minimum atomic E-state index is -0.196. The predicted molar refractivity (Wildman–Crippen MR) is 120 cm³/mol. The van der Waals surface area contributed by atoms with Gasteiger partial charge in [0, 0.05) is 35.6 Å². The fraction of sp³-hybridized carbons (Fsp3) is 0.120. The van der Waals surface area contributed by atoms with Gasteiger partial charge in [-0.2, -0.15) is 0 Å². The van der Waals surface area contributed by atoms with Crippen molar-refractivity contribution in [3.63, 3.8) is 0 Å². The standard InChI is InChI=1S/C25H22N4O2/c1-3-23-26-16-14-21(29-23)20-12-8-15-27-25(20)31-22-13-7-11-19(17(22)2)24(30)28-18-9-5-4-6-10-18/h4-16H,3H2,1-2H3,(H,28,30). The van der Waals surface area contributed by atoms with Crippen LogP contribution in [0.2, 0.25) is 0 Å². The first kappa shape index (κ1) is 20.2. The van der Waals surface area contributed by atoms with Crippen LogP contribution < -0.4 is 10.1 Å². The number of hydrogen-bond acceptors (Lipinski definition) is 5. The molecular formula is C25H22N4O2. The molecule has 6 heteroatoms. The van der Waals surface area contributed by atoms with Gasteiger partial charge in [0.2, 0.25) is 5.88 Å². The lowest BCUT2D eigenvalue weighted by Crippen LogP contribution is -2.13. The number of anilines is 1. The van der Waals surface area contributed by atoms with E-state index in [4.69, 9.17) is 4.74 Å². The molecule has 154 valence electrons. The van der Waals surface area contributed by atoms with Gasteiger partial charge in [-0.3, -0.25) is 4.79 Å². The minimum Gasteiger partial charge on any atom is -0.438 e. The Morgan fingerprint density at radius 2 is 1.77 bits per heavy atom. The van der Waals surface area contributed by atoms with Crippen molar-refractivity contribution in [1.82, 2.24) is 15.0 Å². The third-order valence-electron chi connectivity index (χ3n) is 4.84. The molecular weight excluding hydrogens is 388 g/mol. The van der Waals surface area contributed by atoms with E-state index in [9.17, 15) is 4.79 Å². The zero-order chi connectivity index (χ0) is 21.6. The Hall–Kier alpha value is -4.06. The number of carbonyl (C=O) groups is 1. The number of carbonyl (C=O) groups excluding carboxylic acids is 1. The summed E-state index contributed by atoms with van der Waals surface area (Å²) in [5.74, 6) is 1.54.